The highest BCUT2D eigenvalue weighted by atomic mass is 16.5. The van der Waals surface area contributed by atoms with Gasteiger partial charge in [0.05, 0.1) is 6.54 Å². The van der Waals surface area contributed by atoms with Crippen molar-refractivity contribution in [3.63, 3.8) is 0 Å². The van der Waals surface area contributed by atoms with Gasteiger partial charge in [-0.25, -0.2) is 0 Å². The Labute approximate surface area is 130 Å². The van der Waals surface area contributed by atoms with Crippen LogP contribution in [0.4, 0.5) is 0 Å². The summed E-state index contributed by atoms with van der Waals surface area (Å²) in [6.07, 6.45) is 2.65. The number of fused-ring (bicyclic) bond motifs is 1. The van der Waals surface area contributed by atoms with Crippen LogP contribution in [0.15, 0.2) is 42.5 Å². The lowest BCUT2D eigenvalue weighted by Crippen LogP contribution is -2.33. The van der Waals surface area contributed by atoms with Gasteiger partial charge in [-0.05, 0) is 42.2 Å². The normalized spacial score (nSPS) is 21.0. The average Bonchev–Trinajstić information content (AvgIpc) is 2.98. The van der Waals surface area contributed by atoms with Crippen LogP contribution in [0.25, 0.3) is 10.8 Å². The number of hydrogen-bond acceptors (Lipinski definition) is 3. The molecule has 0 bridgehead atoms. The standard InChI is InChI=1S/C18H22N2O2/c19-16-7-5-15(11-16)18(21)20-9-10-22-17-8-6-13-3-1-2-4-14(13)12-17/h1-4,6,8,12,15-16H,5,7,9-11,19H2,(H,20,21). The van der Waals surface area contributed by atoms with Crippen molar-refractivity contribution in [2.24, 2.45) is 11.7 Å². The molecule has 0 radical (unpaired) electrons. The predicted octanol–water partition coefficient (Wildman–Crippen LogP) is 2.46. The molecule has 116 valence electrons. The number of rotatable bonds is 5. The fourth-order valence-electron chi connectivity index (χ4n) is 3.00. The summed E-state index contributed by atoms with van der Waals surface area (Å²) in [6, 6.07) is 14.4. The van der Waals surface area contributed by atoms with E-state index in [9.17, 15) is 4.79 Å². The molecule has 1 amide bonds. The minimum Gasteiger partial charge on any atom is -0.492 e. The van der Waals surface area contributed by atoms with E-state index in [4.69, 9.17) is 10.5 Å². The van der Waals surface area contributed by atoms with Gasteiger partial charge in [0.15, 0.2) is 0 Å². The summed E-state index contributed by atoms with van der Waals surface area (Å²) in [5.41, 5.74) is 5.83. The molecule has 3 N–H and O–H groups in total. The molecule has 3 rings (SSSR count). The van der Waals surface area contributed by atoms with Crippen molar-refractivity contribution >= 4 is 16.7 Å². The molecular weight excluding hydrogens is 276 g/mol. The number of amides is 1. The van der Waals surface area contributed by atoms with Crippen LogP contribution in [-0.4, -0.2) is 25.1 Å². The summed E-state index contributed by atoms with van der Waals surface area (Å²) < 4.78 is 5.71. The van der Waals surface area contributed by atoms with Gasteiger partial charge in [-0.1, -0.05) is 30.3 Å². The lowest BCUT2D eigenvalue weighted by molar-refractivity contribution is -0.124. The van der Waals surface area contributed by atoms with Gasteiger partial charge in [0, 0.05) is 12.0 Å². The van der Waals surface area contributed by atoms with Crippen LogP contribution >= 0.6 is 0 Å². The molecule has 1 aliphatic carbocycles. The van der Waals surface area contributed by atoms with Gasteiger partial charge in [-0.2, -0.15) is 0 Å². The Morgan fingerprint density at radius 3 is 2.77 bits per heavy atom. The fourth-order valence-corrected chi connectivity index (χ4v) is 3.00. The molecule has 2 unspecified atom stereocenters. The molecule has 0 spiro atoms. The molecular formula is C18H22N2O2. The Bertz CT molecular complexity index is 656. The van der Waals surface area contributed by atoms with Crippen molar-refractivity contribution < 1.29 is 9.53 Å². The third kappa shape index (κ3) is 3.57. The zero-order chi connectivity index (χ0) is 15.4. The van der Waals surface area contributed by atoms with Gasteiger partial charge in [0.1, 0.15) is 12.4 Å². The maximum Gasteiger partial charge on any atom is 0.223 e. The van der Waals surface area contributed by atoms with Crippen LogP contribution < -0.4 is 15.8 Å². The van der Waals surface area contributed by atoms with Crippen LogP contribution in [-0.2, 0) is 4.79 Å². The van der Waals surface area contributed by atoms with Crippen LogP contribution in [0.2, 0.25) is 0 Å². The van der Waals surface area contributed by atoms with Gasteiger partial charge < -0.3 is 15.8 Å². The number of benzene rings is 2. The van der Waals surface area contributed by atoms with E-state index >= 15 is 0 Å². The zero-order valence-electron chi connectivity index (χ0n) is 12.6. The second-order valence-electron chi connectivity index (χ2n) is 5.92. The Morgan fingerprint density at radius 1 is 1.18 bits per heavy atom. The van der Waals surface area contributed by atoms with Crippen LogP contribution in [0.1, 0.15) is 19.3 Å². The van der Waals surface area contributed by atoms with Gasteiger partial charge in [0.2, 0.25) is 5.91 Å². The molecule has 0 aliphatic heterocycles. The maximum atomic E-state index is 12.0. The zero-order valence-corrected chi connectivity index (χ0v) is 12.6. The average molecular weight is 298 g/mol. The third-order valence-electron chi connectivity index (χ3n) is 4.23. The van der Waals surface area contributed by atoms with E-state index in [0.29, 0.717) is 13.2 Å². The quantitative estimate of drug-likeness (QED) is 0.833. The maximum absolute atomic E-state index is 12.0. The van der Waals surface area contributed by atoms with Crippen molar-refractivity contribution in [1.82, 2.24) is 5.32 Å². The summed E-state index contributed by atoms with van der Waals surface area (Å²) >= 11 is 0. The number of carbonyl (C=O) groups excluding carboxylic acids is 1. The molecule has 2 aromatic rings. The number of carbonyl (C=O) groups is 1. The Morgan fingerprint density at radius 2 is 2.00 bits per heavy atom. The van der Waals surface area contributed by atoms with Crippen LogP contribution in [0.5, 0.6) is 5.75 Å². The number of hydrogen-bond donors (Lipinski definition) is 2. The molecule has 0 aromatic heterocycles. The fraction of sp³-hybridized carbons (Fsp3) is 0.389. The Balaban J connectivity index is 1.45. The Hall–Kier alpha value is -2.07. The Kier molecular flexibility index (Phi) is 4.59. The van der Waals surface area contributed by atoms with Crippen molar-refractivity contribution in [3.05, 3.63) is 42.5 Å². The van der Waals surface area contributed by atoms with Crippen molar-refractivity contribution in [2.45, 2.75) is 25.3 Å². The number of nitrogens with one attached hydrogen (secondary N) is 1. The van der Waals surface area contributed by atoms with E-state index in [2.05, 4.69) is 17.4 Å². The van der Waals surface area contributed by atoms with E-state index in [1.807, 2.05) is 30.3 Å². The number of ether oxygens (including phenoxy) is 1. The van der Waals surface area contributed by atoms with Gasteiger partial charge in [0.25, 0.3) is 0 Å². The van der Waals surface area contributed by atoms with Crippen molar-refractivity contribution in [2.75, 3.05) is 13.2 Å². The first kappa shape index (κ1) is 14.9. The lowest BCUT2D eigenvalue weighted by atomic mass is 10.1. The first-order valence-electron chi connectivity index (χ1n) is 7.87. The first-order valence-corrected chi connectivity index (χ1v) is 7.87. The summed E-state index contributed by atoms with van der Waals surface area (Å²) in [7, 11) is 0. The van der Waals surface area contributed by atoms with E-state index in [1.54, 1.807) is 0 Å². The first-order chi connectivity index (χ1) is 10.7. The highest BCUT2D eigenvalue weighted by molar-refractivity contribution is 5.83. The molecule has 0 heterocycles. The molecule has 1 aliphatic rings. The highest BCUT2D eigenvalue weighted by Crippen LogP contribution is 2.24. The van der Waals surface area contributed by atoms with Crippen molar-refractivity contribution in [1.29, 1.82) is 0 Å². The summed E-state index contributed by atoms with van der Waals surface area (Å²) in [6.45, 7) is 1.00. The topological polar surface area (TPSA) is 64.4 Å². The third-order valence-corrected chi connectivity index (χ3v) is 4.23. The summed E-state index contributed by atoms with van der Waals surface area (Å²) in [5, 5.41) is 5.28. The number of nitrogens with two attached hydrogens (primary N) is 1. The largest absolute Gasteiger partial charge is 0.492 e. The predicted molar refractivity (Wildman–Crippen MR) is 87.8 cm³/mol. The molecule has 2 atom stereocenters. The van der Waals surface area contributed by atoms with Gasteiger partial charge in [-0.15, -0.1) is 0 Å². The smallest absolute Gasteiger partial charge is 0.223 e. The minimum atomic E-state index is 0.0793. The van der Waals surface area contributed by atoms with Crippen LogP contribution in [0.3, 0.4) is 0 Å². The minimum absolute atomic E-state index is 0.0793. The monoisotopic (exact) mass is 298 g/mol. The summed E-state index contributed by atoms with van der Waals surface area (Å²) in [4.78, 5) is 12.0. The lowest BCUT2D eigenvalue weighted by Gasteiger charge is -2.12. The second kappa shape index (κ2) is 6.79. The molecule has 1 fully saturated rings. The van der Waals surface area contributed by atoms with E-state index in [0.717, 1.165) is 30.4 Å². The summed E-state index contributed by atoms with van der Waals surface area (Å²) in [5.74, 6) is 1.02. The van der Waals surface area contributed by atoms with Gasteiger partial charge in [-0.3, -0.25) is 4.79 Å². The highest BCUT2D eigenvalue weighted by Gasteiger charge is 2.27. The molecule has 22 heavy (non-hydrogen) atoms. The van der Waals surface area contributed by atoms with Crippen molar-refractivity contribution in [3.8, 4) is 5.75 Å². The SMILES string of the molecule is NC1CCC(C(=O)NCCOc2ccc3ccccc3c2)C1. The molecule has 4 nitrogen and oxygen atoms in total. The van der Waals surface area contributed by atoms with Gasteiger partial charge >= 0.3 is 0 Å². The molecule has 2 aromatic carbocycles. The van der Waals surface area contributed by atoms with E-state index in [1.165, 1.54) is 5.39 Å². The van der Waals surface area contributed by atoms with E-state index < -0.39 is 0 Å². The molecule has 4 heteroatoms. The van der Waals surface area contributed by atoms with E-state index in [-0.39, 0.29) is 17.9 Å². The molecule has 0 saturated heterocycles. The molecule has 1 saturated carbocycles. The second-order valence-corrected chi connectivity index (χ2v) is 5.92. The van der Waals surface area contributed by atoms with Crippen LogP contribution in [0, 0.1) is 5.92 Å².